The van der Waals surface area contributed by atoms with Crippen molar-refractivity contribution in [3.05, 3.63) is 58.5 Å². The molecule has 0 saturated heterocycles. The van der Waals surface area contributed by atoms with E-state index in [0.717, 1.165) is 0 Å². The minimum Gasteiger partial charge on any atom is -0.395 e. The molecule has 1 N–H and O–H groups in total. The van der Waals surface area contributed by atoms with Crippen molar-refractivity contribution < 1.29 is 9.90 Å². The SMILES string of the molecule is CCN(CCO)C(=O)c1ccc(=O)n(-c2ccccc2)n1. The van der Waals surface area contributed by atoms with Crippen LogP contribution in [0.15, 0.2) is 47.3 Å². The van der Waals surface area contributed by atoms with Gasteiger partial charge in [0.1, 0.15) is 5.69 Å². The van der Waals surface area contributed by atoms with E-state index in [1.165, 1.54) is 21.7 Å². The van der Waals surface area contributed by atoms with Crippen LogP contribution in [-0.2, 0) is 0 Å². The monoisotopic (exact) mass is 287 g/mol. The molecule has 0 radical (unpaired) electrons. The van der Waals surface area contributed by atoms with Gasteiger partial charge >= 0.3 is 0 Å². The molecule has 1 heterocycles. The molecule has 2 rings (SSSR count). The van der Waals surface area contributed by atoms with E-state index in [2.05, 4.69) is 5.10 Å². The fourth-order valence-corrected chi connectivity index (χ4v) is 1.97. The number of hydrogen-bond acceptors (Lipinski definition) is 4. The molecule has 6 heteroatoms. The van der Waals surface area contributed by atoms with Gasteiger partial charge in [0.2, 0.25) is 0 Å². The zero-order valence-corrected chi connectivity index (χ0v) is 11.8. The van der Waals surface area contributed by atoms with Gasteiger partial charge in [-0.2, -0.15) is 9.78 Å². The van der Waals surface area contributed by atoms with Gasteiger partial charge in [-0.1, -0.05) is 18.2 Å². The highest BCUT2D eigenvalue weighted by Gasteiger charge is 2.16. The van der Waals surface area contributed by atoms with Crippen LogP contribution in [0.5, 0.6) is 0 Å². The number of para-hydroxylation sites is 1. The Morgan fingerprint density at radius 1 is 1.24 bits per heavy atom. The summed E-state index contributed by atoms with van der Waals surface area (Å²) in [6.45, 7) is 2.41. The number of aliphatic hydroxyl groups excluding tert-OH is 1. The maximum absolute atomic E-state index is 12.3. The van der Waals surface area contributed by atoms with E-state index >= 15 is 0 Å². The zero-order chi connectivity index (χ0) is 15.2. The first-order valence-electron chi connectivity index (χ1n) is 6.73. The van der Waals surface area contributed by atoms with Crippen molar-refractivity contribution in [1.82, 2.24) is 14.7 Å². The van der Waals surface area contributed by atoms with Crippen LogP contribution in [0.3, 0.4) is 0 Å². The van der Waals surface area contributed by atoms with Gasteiger partial charge in [0, 0.05) is 19.2 Å². The molecule has 1 aromatic carbocycles. The third kappa shape index (κ3) is 3.35. The number of nitrogens with zero attached hydrogens (tertiary/aromatic N) is 3. The maximum atomic E-state index is 12.3. The number of rotatable bonds is 5. The van der Waals surface area contributed by atoms with Crippen LogP contribution in [-0.4, -0.2) is 45.4 Å². The summed E-state index contributed by atoms with van der Waals surface area (Å²) in [5.41, 5.74) is 0.471. The van der Waals surface area contributed by atoms with E-state index in [0.29, 0.717) is 12.2 Å². The molecule has 0 aliphatic carbocycles. The highest BCUT2D eigenvalue weighted by molar-refractivity contribution is 5.92. The second kappa shape index (κ2) is 6.81. The second-order valence-corrected chi connectivity index (χ2v) is 4.41. The third-order valence-electron chi connectivity index (χ3n) is 3.06. The quantitative estimate of drug-likeness (QED) is 0.877. The van der Waals surface area contributed by atoms with Crippen LogP contribution in [0.1, 0.15) is 17.4 Å². The number of aromatic nitrogens is 2. The zero-order valence-electron chi connectivity index (χ0n) is 11.8. The maximum Gasteiger partial charge on any atom is 0.274 e. The topological polar surface area (TPSA) is 75.4 Å². The molecule has 21 heavy (non-hydrogen) atoms. The first-order valence-corrected chi connectivity index (χ1v) is 6.73. The molecular weight excluding hydrogens is 270 g/mol. The lowest BCUT2D eigenvalue weighted by Gasteiger charge is -2.19. The van der Waals surface area contributed by atoms with Crippen LogP contribution in [0.25, 0.3) is 5.69 Å². The lowest BCUT2D eigenvalue weighted by molar-refractivity contribution is 0.0724. The normalized spacial score (nSPS) is 10.4. The average Bonchev–Trinajstić information content (AvgIpc) is 2.53. The second-order valence-electron chi connectivity index (χ2n) is 4.41. The van der Waals surface area contributed by atoms with E-state index in [1.807, 2.05) is 13.0 Å². The summed E-state index contributed by atoms with van der Waals surface area (Å²) in [6.07, 6.45) is 0. The molecule has 0 unspecified atom stereocenters. The van der Waals surface area contributed by atoms with Gasteiger partial charge < -0.3 is 10.0 Å². The smallest absolute Gasteiger partial charge is 0.274 e. The Hall–Kier alpha value is -2.47. The molecule has 110 valence electrons. The van der Waals surface area contributed by atoms with Crippen LogP contribution < -0.4 is 5.56 Å². The summed E-state index contributed by atoms with van der Waals surface area (Å²) in [6, 6.07) is 11.6. The van der Waals surface area contributed by atoms with Gasteiger partial charge in [-0.3, -0.25) is 9.59 Å². The van der Waals surface area contributed by atoms with Gasteiger partial charge in [-0.25, -0.2) is 0 Å². The van der Waals surface area contributed by atoms with Crippen molar-refractivity contribution in [3.8, 4) is 5.69 Å². The first kappa shape index (κ1) is 14.9. The Labute approximate surface area is 122 Å². The largest absolute Gasteiger partial charge is 0.395 e. The first-order chi connectivity index (χ1) is 10.2. The van der Waals surface area contributed by atoms with Gasteiger partial charge in [-0.15, -0.1) is 0 Å². The fourth-order valence-electron chi connectivity index (χ4n) is 1.97. The number of aliphatic hydroxyl groups is 1. The number of carbonyl (C=O) groups is 1. The van der Waals surface area contributed by atoms with Crippen molar-refractivity contribution in [3.63, 3.8) is 0 Å². The van der Waals surface area contributed by atoms with Crippen molar-refractivity contribution >= 4 is 5.91 Å². The van der Waals surface area contributed by atoms with Crippen molar-refractivity contribution in [2.75, 3.05) is 19.7 Å². The van der Waals surface area contributed by atoms with E-state index in [1.54, 1.807) is 24.3 Å². The number of hydrogen-bond donors (Lipinski definition) is 1. The molecule has 0 saturated carbocycles. The number of amides is 1. The fraction of sp³-hybridized carbons (Fsp3) is 0.267. The van der Waals surface area contributed by atoms with Crippen LogP contribution >= 0.6 is 0 Å². The average molecular weight is 287 g/mol. The lowest BCUT2D eigenvalue weighted by Crippen LogP contribution is -2.35. The molecule has 0 bridgehead atoms. The molecule has 0 spiro atoms. The molecule has 1 aromatic heterocycles. The van der Waals surface area contributed by atoms with E-state index < -0.39 is 0 Å². The minimum absolute atomic E-state index is 0.113. The summed E-state index contributed by atoms with van der Waals surface area (Å²) in [5, 5.41) is 13.1. The third-order valence-corrected chi connectivity index (χ3v) is 3.06. The predicted octanol–water partition coefficient (Wildman–Crippen LogP) is 0.687. The molecule has 0 atom stereocenters. The summed E-state index contributed by atoms with van der Waals surface area (Å²) in [4.78, 5) is 25.7. The highest BCUT2D eigenvalue weighted by atomic mass is 16.3. The summed E-state index contributed by atoms with van der Waals surface area (Å²) in [7, 11) is 0. The Bertz CT molecular complexity index is 667. The van der Waals surface area contributed by atoms with Crippen LogP contribution in [0, 0.1) is 0 Å². The molecule has 0 aliphatic rings. The Balaban J connectivity index is 2.39. The van der Waals surface area contributed by atoms with Gasteiger partial charge in [-0.05, 0) is 25.1 Å². The summed E-state index contributed by atoms with van der Waals surface area (Å²) in [5.74, 6) is -0.309. The lowest BCUT2D eigenvalue weighted by atomic mass is 10.3. The Kier molecular flexibility index (Phi) is 4.84. The van der Waals surface area contributed by atoms with E-state index in [4.69, 9.17) is 5.11 Å². The summed E-state index contributed by atoms with van der Waals surface area (Å²) < 4.78 is 1.19. The number of benzene rings is 1. The van der Waals surface area contributed by atoms with E-state index in [-0.39, 0.29) is 30.3 Å². The van der Waals surface area contributed by atoms with Gasteiger partial charge in [0.25, 0.3) is 11.5 Å². The van der Waals surface area contributed by atoms with Gasteiger partial charge in [0.15, 0.2) is 0 Å². The summed E-state index contributed by atoms with van der Waals surface area (Å²) >= 11 is 0. The standard InChI is InChI=1S/C15H17N3O3/c1-2-17(10-11-19)15(21)13-8-9-14(20)18(16-13)12-6-4-3-5-7-12/h3-9,19H,2,10-11H2,1H3. The molecule has 0 fully saturated rings. The predicted molar refractivity (Wildman–Crippen MR) is 78.5 cm³/mol. The number of carbonyl (C=O) groups excluding carboxylic acids is 1. The van der Waals surface area contributed by atoms with Crippen molar-refractivity contribution in [1.29, 1.82) is 0 Å². The Morgan fingerprint density at radius 3 is 2.57 bits per heavy atom. The molecule has 0 aliphatic heterocycles. The van der Waals surface area contributed by atoms with Crippen LogP contribution in [0.4, 0.5) is 0 Å². The van der Waals surface area contributed by atoms with Crippen molar-refractivity contribution in [2.24, 2.45) is 0 Å². The molecular formula is C15H17N3O3. The molecule has 6 nitrogen and oxygen atoms in total. The molecule has 2 aromatic rings. The van der Waals surface area contributed by atoms with E-state index in [9.17, 15) is 9.59 Å². The minimum atomic E-state index is -0.309. The van der Waals surface area contributed by atoms with Crippen LogP contribution in [0.2, 0.25) is 0 Å². The van der Waals surface area contributed by atoms with Gasteiger partial charge in [0.05, 0.1) is 12.3 Å². The number of likely N-dealkylation sites (N-methyl/N-ethyl adjacent to an activating group) is 1. The Morgan fingerprint density at radius 2 is 1.95 bits per heavy atom. The molecule has 1 amide bonds. The van der Waals surface area contributed by atoms with Crippen molar-refractivity contribution in [2.45, 2.75) is 6.92 Å². The highest BCUT2D eigenvalue weighted by Crippen LogP contribution is 2.05.